The van der Waals surface area contributed by atoms with E-state index in [-0.39, 0.29) is 17.2 Å². The number of nitrogens with zero attached hydrogens (tertiary/aromatic N) is 1. The van der Waals surface area contributed by atoms with Gasteiger partial charge in [0.1, 0.15) is 0 Å². The van der Waals surface area contributed by atoms with Gasteiger partial charge in [0.2, 0.25) is 5.91 Å². The second kappa shape index (κ2) is 5.21. The number of rotatable bonds is 3. The van der Waals surface area contributed by atoms with Crippen LogP contribution in [0.3, 0.4) is 0 Å². The molecule has 2 aliphatic rings. The molecule has 0 radical (unpaired) electrons. The molecule has 1 fully saturated rings. The summed E-state index contributed by atoms with van der Waals surface area (Å²) in [6, 6.07) is 8.52. The largest absolute Gasteiger partial charge is 0.319 e. The number of hydrogen-bond acceptors (Lipinski definition) is 2. The fourth-order valence-corrected chi connectivity index (χ4v) is 3.97. The van der Waals surface area contributed by atoms with E-state index in [0.717, 1.165) is 18.8 Å². The van der Waals surface area contributed by atoms with Crippen LogP contribution in [0.15, 0.2) is 24.3 Å². The predicted octanol–water partition coefficient (Wildman–Crippen LogP) is 2.70. The second-order valence-corrected chi connectivity index (χ2v) is 6.39. The lowest BCUT2D eigenvalue weighted by Gasteiger charge is -2.26. The molecule has 1 spiro atoms. The highest BCUT2D eigenvalue weighted by molar-refractivity contribution is 5.97. The predicted molar refractivity (Wildman–Crippen MR) is 82.0 cm³/mol. The maximum Gasteiger partial charge on any atom is 0.231 e. The van der Waals surface area contributed by atoms with Crippen LogP contribution in [-0.4, -0.2) is 26.0 Å². The maximum atomic E-state index is 12.7. The van der Waals surface area contributed by atoms with E-state index >= 15 is 0 Å². The average Bonchev–Trinajstić information content (AvgIpc) is 3.06. The fraction of sp³-hybridized carbons (Fsp3) is 0.588. The highest BCUT2D eigenvalue weighted by Gasteiger charge is 2.46. The van der Waals surface area contributed by atoms with Crippen LogP contribution < -0.4 is 10.2 Å². The Kier molecular flexibility index (Phi) is 3.55. The zero-order valence-electron chi connectivity index (χ0n) is 12.5. The van der Waals surface area contributed by atoms with Crippen LogP contribution in [0.25, 0.3) is 0 Å². The van der Waals surface area contributed by atoms with Crippen molar-refractivity contribution < 1.29 is 4.79 Å². The Bertz CT molecular complexity index is 505. The number of carbonyl (C=O) groups is 1. The number of benzene rings is 1. The number of para-hydroxylation sites is 1. The molecular formula is C17H24N2O. The Balaban J connectivity index is 1.93. The summed E-state index contributed by atoms with van der Waals surface area (Å²) in [5.41, 5.74) is 2.80. The third-order valence-electron chi connectivity index (χ3n) is 4.99. The molecule has 0 saturated heterocycles. The SMILES string of the molecule is CNCC(C)C(=O)N1CC2(CCCC2)c2ccccc21. The van der Waals surface area contributed by atoms with Crippen molar-refractivity contribution in [1.82, 2.24) is 5.32 Å². The maximum absolute atomic E-state index is 12.7. The topological polar surface area (TPSA) is 32.3 Å². The van der Waals surface area contributed by atoms with Gasteiger partial charge >= 0.3 is 0 Å². The highest BCUT2D eigenvalue weighted by atomic mass is 16.2. The van der Waals surface area contributed by atoms with Gasteiger partial charge in [-0.3, -0.25) is 4.79 Å². The quantitative estimate of drug-likeness (QED) is 0.917. The summed E-state index contributed by atoms with van der Waals surface area (Å²) in [7, 11) is 1.90. The van der Waals surface area contributed by atoms with Gasteiger partial charge in [-0.2, -0.15) is 0 Å². The van der Waals surface area contributed by atoms with Crippen LogP contribution in [0.1, 0.15) is 38.2 Å². The molecular weight excluding hydrogens is 248 g/mol. The zero-order chi connectivity index (χ0) is 14.2. The lowest BCUT2D eigenvalue weighted by molar-refractivity contribution is -0.121. The molecule has 1 saturated carbocycles. The van der Waals surface area contributed by atoms with Gasteiger partial charge < -0.3 is 10.2 Å². The first-order chi connectivity index (χ1) is 9.68. The number of anilines is 1. The lowest BCUT2D eigenvalue weighted by Crippen LogP contribution is -2.40. The number of fused-ring (bicyclic) bond motifs is 2. The van der Waals surface area contributed by atoms with Crippen molar-refractivity contribution in [3.8, 4) is 0 Å². The van der Waals surface area contributed by atoms with Crippen LogP contribution >= 0.6 is 0 Å². The highest BCUT2D eigenvalue weighted by Crippen LogP contribution is 2.50. The van der Waals surface area contributed by atoms with E-state index in [1.807, 2.05) is 18.9 Å². The molecule has 1 aromatic carbocycles. The number of hydrogen-bond donors (Lipinski definition) is 1. The number of carbonyl (C=O) groups excluding carboxylic acids is 1. The van der Waals surface area contributed by atoms with Gasteiger partial charge in [0.05, 0.1) is 0 Å². The van der Waals surface area contributed by atoms with Crippen molar-refractivity contribution in [3.63, 3.8) is 0 Å². The van der Waals surface area contributed by atoms with Crippen LogP contribution in [-0.2, 0) is 10.2 Å². The summed E-state index contributed by atoms with van der Waals surface area (Å²) in [5, 5.41) is 3.11. The molecule has 3 heteroatoms. The van der Waals surface area contributed by atoms with E-state index in [4.69, 9.17) is 0 Å². The molecule has 0 aromatic heterocycles. The molecule has 1 N–H and O–H groups in total. The molecule has 20 heavy (non-hydrogen) atoms. The molecule has 1 amide bonds. The van der Waals surface area contributed by atoms with Crippen molar-refractivity contribution in [1.29, 1.82) is 0 Å². The summed E-state index contributed by atoms with van der Waals surface area (Å²) < 4.78 is 0. The first kappa shape index (κ1) is 13.6. The molecule has 1 aromatic rings. The van der Waals surface area contributed by atoms with E-state index < -0.39 is 0 Å². The Morgan fingerprint density at radius 1 is 1.35 bits per heavy atom. The van der Waals surface area contributed by atoms with E-state index in [2.05, 4.69) is 29.6 Å². The standard InChI is InChI=1S/C17H24N2O/c1-13(11-18-2)16(20)19-12-17(9-5-6-10-17)14-7-3-4-8-15(14)19/h3-4,7-8,13,18H,5-6,9-12H2,1-2H3. The summed E-state index contributed by atoms with van der Waals surface area (Å²) in [5.74, 6) is 0.292. The molecule has 3 nitrogen and oxygen atoms in total. The lowest BCUT2D eigenvalue weighted by atomic mass is 9.81. The van der Waals surface area contributed by atoms with Crippen molar-refractivity contribution in [2.75, 3.05) is 25.0 Å². The minimum atomic E-state index is 0.0320. The molecule has 1 atom stereocenters. The summed E-state index contributed by atoms with van der Waals surface area (Å²) in [6.07, 6.45) is 5.05. The zero-order valence-corrected chi connectivity index (χ0v) is 12.5. The molecule has 0 bridgehead atoms. The number of amides is 1. The van der Waals surface area contributed by atoms with Crippen LogP contribution in [0, 0.1) is 5.92 Å². The van der Waals surface area contributed by atoms with Crippen LogP contribution in [0.4, 0.5) is 5.69 Å². The molecule has 3 rings (SSSR count). The van der Waals surface area contributed by atoms with Gasteiger partial charge in [-0.25, -0.2) is 0 Å². The van der Waals surface area contributed by atoms with Gasteiger partial charge in [-0.1, -0.05) is 38.0 Å². The van der Waals surface area contributed by atoms with Gasteiger partial charge in [0.25, 0.3) is 0 Å². The first-order valence-corrected chi connectivity index (χ1v) is 7.73. The fourth-order valence-electron chi connectivity index (χ4n) is 3.97. The van der Waals surface area contributed by atoms with Gasteiger partial charge in [0, 0.05) is 30.1 Å². The molecule has 1 aliphatic heterocycles. The molecule has 1 unspecified atom stereocenters. The average molecular weight is 272 g/mol. The van der Waals surface area contributed by atoms with E-state index in [0.29, 0.717) is 0 Å². The smallest absolute Gasteiger partial charge is 0.231 e. The van der Waals surface area contributed by atoms with Crippen molar-refractivity contribution >= 4 is 11.6 Å². The Labute approximate surface area is 121 Å². The Morgan fingerprint density at radius 2 is 2.05 bits per heavy atom. The second-order valence-electron chi connectivity index (χ2n) is 6.39. The Hall–Kier alpha value is -1.35. The molecule has 1 aliphatic carbocycles. The summed E-state index contributed by atoms with van der Waals surface area (Å²) in [6.45, 7) is 3.64. The van der Waals surface area contributed by atoms with Crippen molar-refractivity contribution in [2.45, 2.75) is 38.0 Å². The first-order valence-electron chi connectivity index (χ1n) is 7.73. The minimum absolute atomic E-state index is 0.0320. The summed E-state index contributed by atoms with van der Waals surface area (Å²) in [4.78, 5) is 14.8. The van der Waals surface area contributed by atoms with E-state index in [1.54, 1.807) is 0 Å². The molecule has 108 valence electrons. The van der Waals surface area contributed by atoms with Gasteiger partial charge in [-0.05, 0) is 31.5 Å². The summed E-state index contributed by atoms with van der Waals surface area (Å²) >= 11 is 0. The van der Waals surface area contributed by atoms with Crippen LogP contribution in [0.2, 0.25) is 0 Å². The van der Waals surface area contributed by atoms with Gasteiger partial charge in [-0.15, -0.1) is 0 Å². The van der Waals surface area contributed by atoms with Crippen LogP contribution in [0.5, 0.6) is 0 Å². The van der Waals surface area contributed by atoms with Crippen molar-refractivity contribution in [3.05, 3.63) is 29.8 Å². The third kappa shape index (κ3) is 2.05. The number of nitrogens with one attached hydrogen (secondary N) is 1. The normalized spacial score (nSPS) is 21.2. The van der Waals surface area contributed by atoms with E-state index in [1.165, 1.54) is 31.2 Å². The van der Waals surface area contributed by atoms with E-state index in [9.17, 15) is 4.79 Å². The molecule has 1 heterocycles. The Morgan fingerprint density at radius 3 is 2.75 bits per heavy atom. The third-order valence-corrected chi connectivity index (χ3v) is 4.99. The minimum Gasteiger partial charge on any atom is -0.319 e. The monoisotopic (exact) mass is 272 g/mol. The van der Waals surface area contributed by atoms with Crippen molar-refractivity contribution in [2.24, 2.45) is 5.92 Å². The van der Waals surface area contributed by atoms with Gasteiger partial charge in [0.15, 0.2) is 0 Å².